The molecule has 1 aliphatic rings. The van der Waals surface area contributed by atoms with Crippen LogP contribution in [-0.2, 0) is 0 Å². The number of likely N-dealkylation sites (N-methyl/N-ethyl adjacent to an activating group) is 1. The third-order valence-electron chi connectivity index (χ3n) is 5.87. The molecule has 0 saturated carbocycles. The van der Waals surface area contributed by atoms with Gasteiger partial charge in [-0.3, -0.25) is 9.78 Å². The van der Waals surface area contributed by atoms with Crippen molar-refractivity contribution < 1.29 is 4.79 Å². The van der Waals surface area contributed by atoms with Gasteiger partial charge >= 0.3 is 0 Å². The summed E-state index contributed by atoms with van der Waals surface area (Å²) in [6.07, 6.45) is 8.53. The van der Waals surface area contributed by atoms with Crippen molar-refractivity contribution in [2.75, 3.05) is 27.2 Å². The van der Waals surface area contributed by atoms with Crippen molar-refractivity contribution >= 4 is 11.4 Å². The van der Waals surface area contributed by atoms with Crippen LogP contribution in [0.25, 0.3) is 22.5 Å². The quantitative estimate of drug-likeness (QED) is 0.529. The van der Waals surface area contributed by atoms with Crippen molar-refractivity contribution in [2.24, 2.45) is 0 Å². The molecule has 0 aromatic carbocycles. The summed E-state index contributed by atoms with van der Waals surface area (Å²) in [5.41, 5.74) is 3.75. The van der Waals surface area contributed by atoms with E-state index in [1.165, 1.54) is 0 Å². The zero-order chi connectivity index (χ0) is 20.7. The number of aromatic nitrogens is 4. The monoisotopic (exact) mass is 400 g/mol. The molecule has 5 rings (SSSR count). The molecule has 0 spiro atoms. The molecular formula is C23H24N6O. The van der Waals surface area contributed by atoms with E-state index in [0.29, 0.717) is 11.7 Å². The Bertz CT molecular complexity index is 1190. The van der Waals surface area contributed by atoms with Crippen LogP contribution in [0, 0.1) is 0 Å². The molecule has 0 N–H and O–H groups in total. The van der Waals surface area contributed by atoms with Gasteiger partial charge in [-0.05, 0) is 68.0 Å². The minimum atomic E-state index is -0.00330. The van der Waals surface area contributed by atoms with E-state index in [-0.39, 0.29) is 5.91 Å². The second kappa shape index (κ2) is 7.42. The normalized spacial score (nSPS) is 16.6. The predicted molar refractivity (Wildman–Crippen MR) is 116 cm³/mol. The fourth-order valence-electron chi connectivity index (χ4n) is 4.06. The van der Waals surface area contributed by atoms with E-state index in [2.05, 4.69) is 57.9 Å². The highest BCUT2D eigenvalue weighted by atomic mass is 16.2. The molecule has 1 aliphatic heterocycles. The molecule has 4 aromatic rings. The molecule has 152 valence electrons. The maximum absolute atomic E-state index is 12.9. The smallest absolute Gasteiger partial charge is 0.274 e. The van der Waals surface area contributed by atoms with E-state index in [1.54, 1.807) is 23.1 Å². The second-order valence-electron chi connectivity index (χ2n) is 7.94. The van der Waals surface area contributed by atoms with Crippen molar-refractivity contribution in [3.8, 4) is 16.9 Å². The predicted octanol–water partition coefficient (Wildman–Crippen LogP) is 2.96. The van der Waals surface area contributed by atoms with Gasteiger partial charge in [-0.1, -0.05) is 6.07 Å². The van der Waals surface area contributed by atoms with Crippen LogP contribution in [0.4, 0.5) is 0 Å². The summed E-state index contributed by atoms with van der Waals surface area (Å²) in [5.74, 6) is 0.893. The highest BCUT2D eigenvalue weighted by Crippen LogP contribution is 2.23. The van der Waals surface area contributed by atoms with E-state index in [9.17, 15) is 4.79 Å². The molecule has 5 heterocycles. The molecule has 0 aliphatic carbocycles. The molecule has 7 nitrogen and oxygen atoms in total. The Morgan fingerprint density at radius 3 is 2.60 bits per heavy atom. The van der Waals surface area contributed by atoms with E-state index in [1.807, 2.05) is 29.3 Å². The zero-order valence-electron chi connectivity index (χ0n) is 17.1. The fourth-order valence-corrected chi connectivity index (χ4v) is 4.06. The van der Waals surface area contributed by atoms with Gasteiger partial charge in [-0.15, -0.1) is 0 Å². The first-order valence-electron chi connectivity index (χ1n) is 10.1. The van der Waals surface area contributed by atoms with Crippen LogP contribution in [0.1, 0.15) is 16.9 Å². The van der Waals surface area contributed by atoms with Gasteiger partial charge in [0.1, 0.15) is 5.82 Å². The number of pyridine rings is 2. The summed E-state index contributed by atoms with van der Waals surface area (Å²) < 4.78 is 3.87. The zero-order valence-corrected chi connectivity index (χ0v) is 17.1. The number of hydrogen-bond donors (Lipinski definition) is 0. The Kier molecular flexibility index (Phi) is 4.59. The summed E-state index contributed by atoms with van der Waals surface area (Å²) >= 11 is 0. The van der Waals surface area contributed by atoms with Crippen molar-refractivity contribution in [3.63, 3.8) is 0 Å². The lowest BCUT2D eigenvalue weighted by atomic mass is 10.1. The van der Waals surface area contributed by atoms with Gasteiger partial charge < -0.3 is 14.2 Å². The van der Waals surface area contributed by atoms with Gasteiger partial charge in [0.15, 0.2) is 5.69 Å². The fraction of sp³-hybridized carbons (Fsp3) is 0.261. The summed E-state index contributed by atoms with van der Waals surface area (Å²) in [7, 11) is 4.12. The van der Waals surface area contributed by atoms with Crippen LogP contribution >= 0.6 is 0 Å². The molecule has 0 radical (unpaired) electrons. The van der Waals surface area contributed by atoms with Crippen LogP contribution < -0.4 is 0 Å². The lowest BCUT2D eigenvalue weighted by Gasteiger charge is -2.19. The van der Waals surface area contributed by atoms with E-state index < -0.39 is 0 Å². The Morgan fingerprint density at radius 1 is 1.03 bits per heavy atom. The number of fused-ring (bicyclic) bond motifs is 1. The van der Waals surface area contributed by atoms with Crippen LogP contribution in [0.2, 0.25) is 0 Å². The van der Waals surface area contributed by atoms with Crippen molar-refractivity contribution in [1.29, 1.82) is 0 Å². The molecule has 1 amide bonds. The molecule has 1 fully saturated rings. The van der Waals surface area contributed by atoms with Gasteiger partial charge in [0.05, 0.1) is 0 Å². The average molecular weight is 400 g/mol. The van der Waals surface area contributed by atoms with Gasteiger partial charge in [-0.25, -0.2) is 4.68 Å². The standard InChI is InChI=1S/C23H24N6O/c1-26(2)20-9-13-27(16-20)23(30)21-10-14-29(25-21)22-6-5-19-4-3-18(15-28(19)22)17-7-11-24-12-8-17/h3-8,10-12,14-15,20H,9,13,16H2,1-2H3. The molecule has 30 heavy (non-hydrogen) atoms. The van der Waals surface area contributed by atoms with Gasteiger partial charge in [-0.2, -0.15) is 5.10 Å². The minimum Gasteiger partial charge on any atom is -0.336 e. The third-order valence-corrected chi connectivity index (χ3v) is 5.87. The summed E-state index contributed by atoms with van der Waals surface area (Å²) in [6, 6.07) is 14.5. The molecule has 1 unspecified atom stereocenters. The number of hydrogen-bond acceptors (Lipinski definition) is 4. The Morgan fingerprint density at radius 2 is 1.83 bits per heavy atom. The summed E-state index contributed by atoms with van der Waals surface area (Å²) in [6.45, 7) is 1.53. The number of carbonyl (C=O) groups is 1. The van der Waals surface area contributed by atoms with Crippen LogP contribution in [-0.4, -0.2) is 68.1 Å². The Balaban J connectivity index is 1.44. The van der Waals surface area contributed by atoms with E-state index in [4.69, 9.17) is 0 Å². The lowest BCUT2D eigenvalue weighted by molar-refractivity contribution is 0.0777. The topological polar surface area (TPSA) is 58.7 Å². The highest BCUT2D eigenvalue weighted by molar-refractivity contribution is 5.92. The maximum Gasteiger partial charge on any atom is 0.274 e. The number of likely N-dealkylation sites (tertiary alicyclic amines) is 1. The maximum atomic E-state index is 12.9. The molecule has 7 heteroatoms. The minimum absolute atomic E-state index is 0.00330. The van der Waals surface area contributed by atoms with Crippen LogP contribution in [0.3, 0.4) is 0 Å². The number of rotatable bonds is 4. The first-order chi connectivity index (χ1) is 14.6. The first kappa shape index (κ1) is 18.6. The molecule has 1 atom stereocenters. The summed E-state index contributed by atoms with van der Waals surface area (Å²) in [5, 5.41) is 4.60. The van der Waals surface area contributed by atoms with Gasteiger partial charge in [0, 0.05) is 49.4 Å². The first-order valence-corrected chi connectivity index (χ1v) is 10.1. The molecule has 4 aromatic heterocycles. The number of amides is 1. The van der Waals surface area contributed by atoms with E-state index >= 15 is 0 Å². The highest BCUT2D eigenvalue weighted by Gasteiger charge is 2.29. The number of carbonyl (C=O) groups excluding carboxylic acids is 1. The largest absolute Gasteiger partial charge is 0.336 e. The SMILES string of the molecule is CN(C)C1CCN(C(=O)c2ccn(-c3ccc4ccc(-c5ccncc5)cn34)n2)C1. The summed E-state index contributed by atoms with van der Waals surface area (Å²) in [4.78, 5) is 21.1. The van der Waals surface area contributed by atoms with Crippen molar-refractivity contribution in [3.05, 3.63) is 72.9 Å². The van der Waals surface area contributed by atoms with E-state index in [0.717, 1.165) is 42.0 Å². The van der Waals surface area contributed by atoms with Crippen molar-refractivity contribution in [1.82, 2.24) is 29.0 Å². The van der Waals surface area contributed by atoms with Gasteiger partial charge in [0.2, 0.25) is 0 Å². The Labute approximate surface area is 175 Å². The third kappa shape index (κ3) is 3.27. The molecule has 1 saturated heterocycles. The molecule has 0 bridgehead atoms. The van der Waals surface area contributed by atoms with Crippen LogP contribution in [0.15, 0.2) is 67.3 Å². The second-order valence-corrected chi connectivity index (χ2v) is 7.94. The van der Waals surface area contributed by atoms with Crippen LogP contribution in [0.5, 0.6) is 0 Å². The molecular weight excluding hydrogens is 376 g/mol. The average Bonchev–Trinajstić information content (AvgIpc) is 3.52. The van der Waals surface area contributed by atoms with Gasteiger partial charge in [0.25, 0.3) is 5.91 Å². The van der Waals surface area contributed by atoms with Crippen molar-refractivity contribution in [2.45, 2.75) is 12.5 Å². The Hall–Kier alpha value is -3.45. The lowest BCUT2D eigenvalue weighted by Crippen LogP contribution is -2.34. The number of nitrogens with zero attached hydrogens (tertiary/aromatic N) is 6.